The number of benzene rings is 1. The van der Waals surface area contributed by atoms with Gasteiger partial charge in [-0.3, -0.25) is 4.40 Å². The van der Waals surface area contributed by atoms with E-state index in [1.165, 1.54) is 11.3 Å². The smallest absolute Gasteiger partial charge is 0.227 e. The number of nitrogens with zero attached hydrogens (tertiary/aromatic N) is 3. The lowest BCUT2D eigenvalue weighted by atomic mass is 10.1. The predicted molar refractivity (Wildman–Crippen MR) is 71.7 cm³/mol. The van der Waals surface area contributed by atoms with E-state index in [2.05, 4.69) is 10.2 Å². The molecule has 0 aliphatic carbocycles. The quantitative estimate of drug-likeness (QED) is 0.732. The fraction of sp³-hybridized carbons (Fsp3) is 0.167. The molecule has 3 heterocycles. The monoisotopic (exact) mass is 274 g/mol. The molecule has 4 rings (SSSR count). The van der Waals surface area contributed by atoms with Crippen molar-refractivity contribution in [3.63, 3.8) is 0 Å². The highest BCUT2D eigenvalue weighted by atomic mass is 32.1. The van der Waals surface area contributed by atoms with E-state index in [9.17, 15) is 0 Å². The summed E-state index contributed by atoms with van der Waals surface area (Å²) in [4.78, 5) is 0.780. The van der Waals surface area contributed by atoms with Gasteiger partial charge in [0.1, 0.15) is 13.2 Å². The number of ether oxygens (including phenoxy) is 2. The van der Waals surface area contributed by atoms with Crippen molar-refractivity contribution < 1.29 is 9.47 Å². The van der Waals surface area contributed by atoms with Gasteiger partial charge in [-0.2, -0.15) is 0 Å². The lowest BCUT2D eigenvalue weighted by Crippen LogP contribution is -2.15. The largest absolute Gasteiger partial charge is 0.486 e. The van der Waals surface area contributed by atoms with Crippen LogP contribution in [0.3, 0.4) is 0 Å². The highest BCUT2D eigenvalue weighted by Gasteiger charge is 2.16. The number of nitrogens with two attached hydrogens (primary N) is 1. The Morgan fingerprint density at radius 1 is 1.16 bits per heavy atom. The Hall–Kier alpha value is -2.28. The van der Waals surface area contributed by atoms with Gasteiger partial charge in [0.15, 0.2) is 11.5 Å². The van der Waals surface area contributed by atoms with Gasteiger partial charge in [-0.25, -0.2) is 0 Å². The van der Waals surface area contributed by atoms with E-state index in [-0.39, 0.29) is 0 Å². The van der Waals surface area contributed by atoms with E-state index in [4.69, 9.17) is 15.2 Å². The van der Waals surface area contributed by atoms with Gasteiger partial charge in [0.2, 0.25) is 10.9 Å². The van der Waals surface area contributed by atoms with Gasteiger partial charge in [-0.15, -0.1) is 21.5 Å². The van der Waals surface area contributed by atoms with E-state index in [1.807, 2.05) is 28.0 Å². The molecule has 1 aliphatic heterocycles. The van der Waals surface area contributed by atoms with E-state index in [1.54, 1.807) is 0 Å². The first-order valence-electron chi connectivity index (χ1n) is 5.81. The molecule has 0 unspecified atom stereocenters. The van der Waals surface area contributed by atoms with Crippen molar-refractivity contribution >= 4 is 22.2 Å². The maximum Gasteiger partial charge on any atom is 0.227 e. The molecule has 1 aromatic carbocycles. The average molecular weight is 274 g/mol. The molecule has 0 amide bonds. The summed E-state index contributed by atoms with van der Waals surface area (Å²) in [5, 5.41) is 9.88. The molecule has 0 fully saturated rings. The first kappa shape index (κ1) is 10.6. The van der Waals surface area contributed by atoms with Crippen LogP contribution in [0.1, 0.15) is 0 Å². The maximum absolute atomic E-state index is 5.84. The maximum atomic E-state index is 5.84. The van der Waals surface area contributed by atoms with Crippen molar-refractivity contribution in [3.05, 3.63) is 23.6 Å². The van der Waals surface area contributed by atoms with Gasteiger partial charge < -0.3 is 15.2 Å². The minimum Gasteiger partial charge on any atom is -0.486 e. The molecule has 6 nitrogen and oxygen atoms in total. The van der Waals surface area contributed by atoms with Crippen molar-refractivity contribution in [2.24, 2.45) is 0 Å². The van der Waals surface area contributed by atoms with Crippen LogP contribution in [0.15, 0.2) is 23.6 Å². The lowest BCUT2D eigenvalue weighted by Gasteiger charge is -2.18. The number of aromatic nitrogens is 3. The van der Waals surface area contributed by atoms with Gasteiger partial charge in [0, 0.05) is 10.9 Å². The summed E-state index contributed by atoms with van der Waals surface area (Å²) in [5.41, 5.74) is 7.80. The van der Waals surface area contributed by atoms with Gasteiger partial charge in [0.25, 0.3) is 0 Å². The molecular formula is C12H10N4O2S. The Morgan fingerprint density at radius 3 is 2.89 bits per heavy atom. The molecule has 19 heavy (non-hydrogen) atoms. The molecule has 1 aliphatic rings. The molecule has 0 spiro atoms. The summed E-state index contributed by atoms with van der Waals surface area (Å²) >= 11 is 1.50. The zero-order chi connectivity index (χ0) is 12.8. The Kier molecular flexibility index (Phi) is 2.16. The Labute approximate surface area is 112 Å². The van der Waals surface area contributed by atoms with Crippen LogP contribution in [-0.4, -0.2) is 27.8 Å². The summed E-state index contributed by atoms with van der Waals surface area (Å²) in [5.74, 6) is 1.93. The van der Waals surface area contributed by atoms with E-state index >= 15 is 0 Å². The predicted octanol–water partition coefficient (Wildman–Crippen LogP) is 1.81. The molecule has 2 N–H and O–H groups in total. The normalized spacial score (nSPS) is 13.9. The SMILES string of the molecule is Nc1nnc2scc(-c3ccc4c(c3)OCCO4)n12. The summed E-state index contributed by atoms with van der Waals surface area (Å²) in [7, 11) is 0. The zero-order valence-corrected chi connectivity index (χ0v) is 10.7. The number of hydrogen-bond acceptors (Lipinski definition) is 6. The summed E-state index contributed by atoms with van der Waals surface area (Å²) in [6.07, 6.45) is 0. The van der Waals surface area contributed by atoms with Crippen LogP contribution in [0.25, 0.3) is 16.2 Å². The zero-order valence-electron chi connectivity index (χ0n) is 9.87. The van der Waals surface area contributed by atoms with Crippen molar-refractivity contribution in [2.45, 2.75) is 0 Å². The highest BCUT2D eigenvalue weighted by molar-refractivity contribution is 7.15. The number of hydrogen-bond donors (Lipinski definition) is 1. The number of fused-ring (bicyclic) bond motifs is 2. The first-order chi connectivity index (χ1) is 9.33. The second-order valence-electron chi connectivity index (χ2n) is 4.16. The topological polar surface area (TPSA) is 74.7 Å². The van der Waals surface area contributed by atoms with Crippen molar-refractivity contribution in [3.8, 4) is 22.8 Å². The van der Waals surface area contributed by atoms with Crippen molar-refractivity contribution in [1.29, 1.82) is 0 Å². The molecule has 0 saturated heterocycles. The third-order valence-electron chi connectivity index (χ3n) is 3.01. The molecule has 7 heteroatoms. The van der Waals surface area contributed by atoms with Crippen LogP contribution in [0.2, 0.25) is 0 Å². The number of rotatable bonds is 1. The van der Waals surface area contributed by atoms with Crippen LogP contribution in [0.5, 0.6) is 11.5 Å². The van der Waals surface area contributed by atoms with Crippen molar-refractivity contribution in [1.82, 2.24) is 14.6 Å². The standard InChI is InChI=1S/C12H10N4O2S/c13-11-14-15-12-16(11)8(6-19-12)7-1-2-9-10(5-7)18-4-3-17-9/h1-2,5-6H,3-4H2,(H2,13,14). The third-order valence-corrected chi connectivity index (χ3v) is 3.83. The lowest BCUT2D eigenvalue weighted by molar-refractivity contribution is 0.171. The molecule has 0 atom stereocenters. The van der Waals surface area contributed by atoms with Gasteiger partial charge in [-0.1, -0.05) is 0 Å². The van der Waals surface area contributed by atoms with Crippen LogP contribution in [0, 0.1) is 0 Å². The number of anilines is 1. The number of nitrogen functional groups attached to an aromatic ring is 1. The van der Waals surface area contributed by atoms with Gasteiger partial charge >= 0.3 is 0 Å². The van der Waals surface area contributed by atoms with Crippen LogP contribution < -0.4 is 15.2 Å². The fourth-order valence-corrected chi connectivity index (χ4v) is 2.99. The van der Waals surface area contributed by atoms with Crippen molar-refractivity contribution in [2.75, 3.05) is 18.9 Å². The molecular weight excluding hydrogens is 264 g/mol. The molecule has 96 valence electrons. The van der Waals surface area contributed by atoms with Gasteiger partial charge in [0.05, 0.1) is 5.69 Å². The molecule has 0 radical (unpaired) electrons. The second kappa shape index (κ2) is 3.86. The average Bonchev–Trinajstić information content (AvgIpc) is 3.02. The van der Waals surface area contributed by atoms with Crippen LogP contribution in [0.4, 0.5) is 5.95 Å². The minimum atomic E-state index is 0.390. The number of thiazole rings is 1. The minimum absolute atomic E-state index is 0.390. The van der Waals surface area contributed by atoms with Gasteiger partial charge in [-0.05, 0) is 18.2 Å². The molecule has 0 bridgehead atoms. The molecule has 3 aromatic rings. The molecule has 0 saturated carbocycles. The first-order valence-corrected chi connectivity index (χ1v) is 6.69. The Morgan fingerprint density at radius 2 is 2.00 bits per heavy atom. The third kappa shape index (κ3) is 1.55. The van der Waals surface area contributed by atoms with E-state index in [0.717, 1.165) is 27.7 Å². The fourth-order valence-electron chi connectivity index (χ4n) is 2.15. The highest BCUT2D eigenvalue weighted by Crippen LogP contribution is 2.36. The van der Waals surface area contributed by atoms with Crippen LogP contribution in [-0.2, 0) is 0 Å². The second-order valence-corrected chi connectivity index (χ2v) is 4.99. The summed E-state index contributed by atoms with van der Waals surface area (Å²) < 4.78 is 12.9. The summed E-state index contributed by atoms with van der Waals surface area (Å²) in [6, 6.07) is 5.84. The van der Waals surface area contributed by atoms with E-state index < -0.39 is 0 Å². The van der Waals surface area contributed by atoms with E-state index in [0.29, 0.717) is 19.2 Å². The Bertz CT molecular complexity index is 764. The van der Waals surface area contributed by atoms with Crippen LogP contribution >= 0.6 is 11.3 Å². The Balaban J connectivity index is 1.90. The molecule has 2 aromatic heterocycles. The summed E-state index contributed by atoms with van der Waals surface area (Å²) in [6.45, 7) is 1.16.